The minimum Gasteiger partial charge on any atom is -0.291 e. The summed E-state index contributed by atoms with van der Waals surface area (Å²) in [7, 11) is 2.30. The van der Waals surface area contributed by atoms with Crippen LogP contribution in [0.25, 0.3) is 0 Å². The van der Waals surface area contributed by atoms with E-state index in [0.29, 0.717) is 0 Å². The highest BCUT2D eigenvalue weighted by atomic mass is 32.3. The summed E-state index contributed by atoms with van der Waals surface area (Å²) in [5.41, 5.74) is 0. The molecule has 80 valence electrons. The first-order valence-electron chi connectivity index (χ1n) is 2.93. The Labute approximate surface area is 83.9 Å². The molecule has 0 radical (unpaired) electrons. The van der Waals surface area contributed by atoms with Crippen LogP contribution in [0.5, 0.6) is 0 Å². The van der Waals surface area contributed by atoms with Crippen LogP contribution in [0, 0.1) is 0 Å². The molecule has 0 heterocycles. The zero-order valence-corrected chi connectivity index (χ0v) is 9.70. The Hall–Kier alpha value is 0.330. The lowest BCUT2D eigenvalue weighted by Crippen LogP contribution is -2.26. The Balaban J connectivity index is 4.45. The maximum Gasteiger partial charge on any atom is 0.274 e. The molecular formula is C4H10O6S3. The van der Waals surface area contributed by atoms with Crippen molar-refractivity contribution in [3.63, 3.8) is 0 Å². The average molecular weight is 250 g/mol. The second-order valence-corrected chi connectivity index (χ2v) is 5.50. The van der Waals surface area contributed by atoms with E-state index in [1.165, 1.54) is 6.26 Å². The van der Waals surface area contributed by atoms with E-state index in [1.807, 2.05) is 0 Å². The molecule has 0 aromatic heterocycles. The highest BCUT2D eigenvalue weighted by Gasteiger charge is 2.27. The van der Waals surface area contributed by atoms with Gasteiger partial charge in [0.15, 0.2) is 11.1 Å². The summed E-state index contributed by atoms with van der Waals surface area (Å²) in [4.78, 5) is 0. The molecule has 0 fully saturated rings. The fraction of sp³-hybridized carbons (Fsp3) is 1.00. The first kappa shape index (κ1) is 13.3. The molecule has 0 saturated carbocycles. The third-order valence-corrected chi connectivity index (χ3v) is 3.98. The maximum atomic E-state index is 11.0. The van der Waals surface area contributed by atoms with E-state index in [1.54, 1.807) is 0 Å². The molecule has 0 aliphatic heterocycles. The Kier molecular flexibility index (Phi) is 6.91. The molecule has 0 bridgehead atoms. The molecule has 0 aromatic rings. The van der Waals surface area contributed by atoms with Crippen LogP contribution in [0.15, 0.2) is 0 Å². The predicted molar refractivity (Wildman–Crippen MR) is 49.2 cm³/mol. The standard InChI is InChI=1S/C4H10O6S3/c1-8-12(6)4(10-11(3)5)13(7)9-2/h4H,1-3H3. The number of hydrogen-bond donors (Lipinski definition) is 0. The first-order valence-corrected chi connectivity index (χ1v) is 6.69. The molecule has 0 saturated heterocycles. The fourth-order valence-electron chi connectivity index (χ4n) is 0.396. The van der Waals surface area contributed by atoms with Crippen LogP contribution in [0.1, 0.15) is 0 Å². The van der Waals surface area contributed by atoms with Crippen molar-refractivity contribution in [2.75, 3.05) is 20.5 Å². The van der Waals surface area contributed by atoms with Gasteiger partial charge in [-0.05, 0) is 0 Å². The molecule has 0 amide bonds. The summed E-state index contributed by atoms with van der Waals surface area (Å²) in [6.45, 7) is 0. The van der Waals surface area contributed by atoms with Crippen molar-refractivity contribution in [3.05, 3.63) is 0 Å². The van der Waals surface area contributed by atoms with Crippen LogP contribution < -0.4 is 0 Å². The van der Waals surface area contributed by atoms with Crippen molar-refractivity contribution in [3.8, 4) is 0 Å². The molecule has 0 aliphatic carbocycles. The Bertz CT molecular complexity index is 212. The van der Waals surface area contributed by atoms with Crippen molar-refractivity contribution in [2.45, 2.75) is 4.77 Å². The third kappa shape index (κ3) is 4.93. The molecule has 0 rings (SSSR count). The largest absolute Gasteiger partial charge is 0.291 e. The highest BCUT2D eigenvalue weighted by Crippen LogP contribution is 2.07. The van der Waals surface area contributed by atoms with Gasteiger partial charge in [0, 0.05) is 6.26 Å². The Morgan fingerprint density at radius 2 is 1.38 bits per heavy atom. The highest BCUT2D eigenvalue weighted by molar-refractivity contribution is 7.99. The lowest BCUT2D eigenvalue weighted by atomic mass is 11.7. The predicted octanol–water partition coefficient (Wildman–Crippen LogP) is -0.800. The second-order valence-electron chi connectivity index (χ2n) is 1.64. The molecule has 13 heavy (non-hydrogen) atoms. The summed E-state index contributed by atoms with van der Waals surface area (Å²) in [5, 5.41) is 0. The van der Waals surface area contributed by atoms with Crippen LogP contribution in [-0.4, -0.2) is 37.9 Å². The fourth-order valence-corrected chi connectivity index (χ4v) is 3.09. The molecule has 3 unspecified atom stereocenters. The van der Waals surface area contributed by atoms with E-state index in [4.69, 9.17) is 0 Å². The Morgan fingerprint density at radius 1 is 1.00 bits per heavy atom. The molecule has 3 atom stereocenters. The van der Waals surface area contributed by atoms with Gasteiger partial charge < -0.3 is 0 Å². The topological polar surface area (TPSA) is 78.9 Å². The first-order chi connectivity index (χ1) is 6.02. The van der Waals surface area contributed by atoms with Crippen LogP contribution in [0.3, 0.4) is 0 Å². The summed E-state index contributed by atoms with van der Waals surface area (Å²) in [6.07, 6.45) is 1.21. The maximum absolute atomic E-state index is 11.0. The molecule has 0 N–H and O–H groups in total. The number of hydrogen-bond acceptors (Lipinski definition) is 6. The van der Waals surface area contributed by atoms with Gasteiger partial charge in [0.1, 0.15) is 0 Å². The van der Waals surface area contributed by atoms with Crippen LogP contribution in [-0.2, 0) is 45.8 Å². The summed E-state index contributed by atoms with van der Waals surface area (Å²) >= 11 is -5.60. The quantitative estimate of drug-likeness (QED) is 0.614. The minimum absolute atomic E-state index is 1.15. The molecule has 0 spiro atoms. The van der Waals surface area contributed by atoms with Crippen molar-refractivity contribution < 1.29 is 25.2 Å². The lowest BCUT2D eigenvalue weighted by molar-refractivity contribution is 0.329. The molecule has 0 aromatic carbocycles. The minimum atomic E-state index is -1.96. The van der Waals surface area contributed by atoms with Gasteiger partial charge in [0.05, 0.1) is 14.2 Å². The van der Waals surface area contributed by atoms with Crippen molar-refractivity contribution in [1.29, 1.82) is 0 Å². The summed E-state index contributed by atoms with van der Waals surface area (Å²) < 4.78 is 44.6. The van der Waals surface area contributed by atoms with Gasteiger partial charge in [0.25, 0.3) is 4.77 Å². The lowest BCUT2D eigenvalue weighted by Gasteiger charge is -2.10. The van der Waals surface area contributed by atoms with E-state index in [2.05, 4.69) is 12.5 Å². The Morgan fingerprint density at radius 3 is 1.62 bits per heavy atom. The zero-order chi connectivity index (χ0) is 10.4. The van der Waals surface area contributed by atoms with E-state index in [9.17, 15) is 12.6 Å². The van der Waals surface area contributed by atoms with Crippen LogP contribution >= 0.6 is 0 Å². The van der Waals surface area contributed by atoms with Gasteiger partial charge in [-0.1, -0.05) is 0 Å². The molecule has 9 heteroatoms. The van der Waals surface area contributed by atoms with Crippen LogP contribution in [0.4, 0.5) is 0 Å². The third-order valence-electron chi connectivity index (χ3n) is 0.857. The van der Waals surface area contributed by atoms with Crippen molar-refractivity contribution in [2.24, 2.45) is 0 Å². The van der Waals surface area contributed by atoms with Gasteiger partial charge in [-0.2, -0.15) is 0 Å². The SMILES string of the molecule is COS(=O)C(OS(C)=O)S(=O)OC. The van der Waals surface area contributed by atoms with Crippen molar-refractivity contribution >= 4 is 33.2 Å². The van der Waals surface area contributed by atoms with Gasteiger partial charge in [-0.3, -0.25) is 12.5 Å². The smallest absolute Gasteiger partial charge is 0.274 e. The van der Waals surface area contributed by atoms with Gasteiger partial charge in [-0.25, -0.2) is 12.6 Å². The van der Waals surface area contributed by atoms with Gasteiger partial charge in [0.2, 0.25) is 22.2 Å². The summed E-state index contributed by atoms with van der Waals surface area (Å²) in [6, 6.07) is 0. The van der Waals surface area contributed by atoms with E-state index in [0.717, 1.165) is 14.2 Å². The van der Waals surface area contributed by atoms with E-state index >= 15 is 0 Å². The molecular weight excluding hydrogens is 240 g/mol. The van der Waals surface area contributed by atoms with E-state index < -0.39 is 38.0 Å². The average Bonchev–Trinajstić information content (AvgIpc) is 2.11. The van der Waals surface area contributed by atoms with Gasteiger partial charge >= 0.3 is 0 Å². The zero-order valence-electron chi connectivity index (χ0n) is 7.25. The normalized spacial score (nSPS) is 20.5. The number of rotatable bonds is 6. The van der Waals surface area contributed by atoms with Crippen molar-refractivity contribution in [1.82, 2.24) is 0 Å². The molecule has 0 aliphatic rings. The summed E-state index contributed by atoms with van der Waals surface area (Å²) in [5.74, 6) is 0. The van der Waals surface area contributed by atoms with Crippen LogP contribution in [0.2, 0.25) is 0 Å². The monoisotopic (exact) mass is 250 g/mol. The second kappa shape index (κ2) is 6.74. The van der Waals surface area contributed by atoms with Gasteiger partial charge in [-0.15, -0.1) is 0 Å². The molecule has 6 nitrogen and oxygen atoms in total. The van der Waals surface area contributed by atoms with E-state index in [-0.39, 0.29) is 0 Å².